The third-order valence-electron chi connectivity index (χ3n) is 2.24. The van der Waals surface area contributed by atoms with E-state index in [1.54, 1.807) is 0 Å². The van der Waals surface area contributed by atoms with Crippen molar-refractivity contribution in [3.8, 4) is 0 Å². The lowest BCUT2D eigenvalue weighted by Gasteiger charge is -2.30. The lowest BCUT2D eigenvalue weighted by atomic mass is 9.82. The second-order valence-electron chi connectivity index (χ2n) is 3.11. The van der Waals surface area contributed by atoms with Gasteiger partial charge in [0.1, 0.15) is 0 Å². The zero-order chi connectivity index (χ0) is 8.43. The van der Waals surface area contributed by atoms with Crippen molar-refractivity contribution >= 4 is 0 Å². The van der Waals surface area contributed by atoms with Gasteiger partial charge < -0.3 is 15.3 Å². The van der Waals surface area contributed by atoms with E-state index in [9.17, 15) is 5.11 Å². The van der Waals surface area contributed by atoms with Gasteiger partial charge in [0.05, 0.1) is 12.2 Å². The fourth-order valence-electron chi connectivity index (χ4n) is 1.39. The molecule has 0 amide bonds. The lowest BCUT2D eigenvalue weighted by molar-refractivity contribution is -0.0143. The SMILES string of the molecule is C=C1C[C@@H](O)[C@@H](O)C[C@H]1CO. The van der Waals surface area contributed by atoms with Gasteiger partial charge in [0.2, 0.25) is 0 Å². The summed E-state index contributed by atoms with van der Waals surface area (Å²) in [5.74, 6) is -0.0339. The van der Waals surface area contributed by atoms with Gasteiger partial charge in [-0.2, -0.15) is 0 Å². The maximum atomic E-state index is 9.19. The Morgan fingerprint density at radius 1 is 1.36 bits per heavy atom. The van der Waals surface area contributed by atoms with E-state index in [1.807, 2.05) is 0 Å². The number of aliphatic hydroxyl groups excluding tert-OH is 3. The highest BCUT2D eigenvalue weighted by molar-refractivity contribution is 5.07. The van der Waals surface area contributed by atoms with Crippen LogP contribution in [-0.4, -0.2) is 34.1 Å². The Morgan fingerprint density at radius 3 is 2.55 bits per heavy atom. The number of hydrogen-bond acceptors (Lipinski definition) is 3. The monoisotopic (exact) mass is 158 g/mol. The minimum absolute atomic E-state index is 0.0165. The topological polar surface area (TPSA) is 60.7 Å². The van der Waals surface area contributed by atoms with Gasteiger partial charge in [-0.15, -0.1) is 0 Å². The molecular weight excluding hydrogens is 144 g/mol. The Kier molecular flexibility index (Phi) is 2.65. The van der Waals surface area contributed by atoms with Crippen LogP contribution in [0.25, 0.3) is 0 Å². The summed E-state index contributed by atoms with van der Waals surface area (Å²) in [4.78, 5) is 0. The molecule has 64 valence electrons. The number of rotatable bonds is 1. The summed E-state index contributed by atoms with van der Waals surface area (Å²) in [7, 11) is 0. The van der Waals surface area contributed by atoms with Crippen molar-refractivity contribution in [1.82, 2.24) is 0 Å². The van der Waals surface area contributed by atoms with Gasteiger partial charge >= 0.3 is 0 Å². The summed E-state index contributed by atoms with van der Waals surface area (Å²) >= 11 is 0. The number of aliphatic hydroxyl groups is 3. The first-order valence-corrected chi connectivity index (χ1v) is 3.79. The first kappa shape index (κ1) is 8.71. The first-order valence-electron chi connectivity index (χ1n) is 3.79. The predicted octanol–water partition coefficient (Wildman–Crippen LogP) is -0.333. The molecule has 0 spiro atoms. The number of hydrogen-bond donors (Lipinski definition) is 3. The molecule has 0 aromatic carbocycles. The fraction of sp³-hybridized carbons (Fsp3) is 0.750. The summed E-state index contributed by atoms with van der Waals surface area (Å²) in [6, 6.07) is 0. The van der Waals surface area contributed by atoms with Crippen molar-refractivity contribution in [2.75, 3.05) is 6.61 Å². The highest BCUT2D eigenvalue weighted by atomic mass is 16.3. The van der Waals surface area contributed by atoms with E-state index in [0.29, 0.717) is 12.8 Å². The molecule has 0 unspecified atom stereocenters. The molecule has 1 rings (SSSR count). The van der Waals surface area contributed by atoms with Crippen molar-refractivity contribution in [1.29, 1.82) is 0 Å². The summed E-state index contributed by atoms with van der Waals surface area (Å²) in [6.07, 6.45) is -0.550. The Hall–Kier alpha value is -0.380. The van der Waals surface area contributed by atoms with Crippen molar-refractivity contribution in [2.24, 2.45) is 5.92 Å². The van der Waals surface area contributed by atoms with Gasteiger partial charge in [0.15, 0.2) is 0 Å². The van der Waals surface area contributed by atoms with Crippen LogP contribution in [0.2, 0.25) is 0 Å². The highest BCUT2D eigenvalue weighted by Crippen LogP contribution is 2.27. The van der Waals surface area contributed by atoms with Crippen LogP contribution in [0.3, 0.4) is 0 Å². The molecule has 0 aliphatic heterocycles. The van der Waals surface area contributed by atoms with Crippen LogP contribution in [0.4, 0.5) is 0 Å². The van der Waals surface area contributed by atoms with Gasteiger partial charge in [0.25, 0.3) is 0 Å². The van der Waals surface area contributed by atoms with E-state index in [0.717, 1.165) is 5.57 Å². The molecule has 1 fully saturated rings. The van der Waals surface area contributed by atoms with Crippen molar-refractivity contribution in [3.05, 3.63) is 12.2 Å². The van der Waals surface area contributed by atoms with Gasteiger partial charge in [0, 0.05) is 12.5 Å². The third kappa shape index (κ3) is 1.80. The van der Waals surface area contributed by atoms with Gasteiger partial charge in [-0.05, 0) is 12.8 Å². The highest BCUT2D eigenvalue weighted by Gasteiger charge is 2.29. The van der Waals surface area contributed by atoms with Crippen LogP contribution in [0.15, 0.2) is 12.2 Å². The first-order chi connectivity index (χ1) is 5.15. The Balaban J connectivity index is 2.55. The average Bonchev–Trinajstić information content (AvgIpc) is 1.97. The van der Waals surface area contributed by atoms with E-state index < -0.39 is 12.2 Å². The maximum Gasteiger partial charge on any atom is 0.0836 e. The minimum Gasteiger partial charge on any atom is -0.396 e. The minimum atomic E-state index is -0.697. The molecule has 1 saturated carbocycles. The summed E-state index contributed by atoms with van der Waals surface area (Å²) in [6.45, 7) is 3.74. The molecule has 11 heavy (non-hydrogen) atoms. The van der Waals surface area contributed by atoms with Crippen LogP contribution in [0.5, 0.6) is 0 Å². The zero-order valence-electron chi connectivity index (χ0n) is 6.40. The van der Waals surface area contributed by atoms with E-state index in [2.05, 4.69) is 6.58 Å². The van der Waals surface area contributed by atoms with Crippen LogP contribution in [0, 0.1) is 5.92 Å². The van der Waals surface area contributed by atoms with E-state index in [-0.39, 0.29) is 12.5 Å². The van der Waals surface area contributed by atoms with E-state index in [4.69, 9.17) is 10.2 Å². The summed E-state index contributed by atoms with van der Waals surface area (Å²) in [5.41, 5.74) is 0.838. The molecular formula is C8H14O3. The van der Waals surface area contributed by atoms with Gasteiger partial charge in [-0.3, -0.25) is 0 Å². The molecule has 3 nitrogen and oxygen atoms in total. The Morgan fingerprint density at radius 2 is 2.00 bits per heavy atom. The quantitative estimate of drug-likeness (QED) is 0.458. The van der Waals surface area contributed by atoms with Gasteiger partial charge in [-0.1, -0.05) is 12.2 Å². The van der Waals surface area contributed by atoms with Crippen molar-refractivity contribution in [2.45, 2.75) is 25.0 Å². The molecule has 0 radical (unpaired) electrons. The summed E-state index contributed by atoms with van der Waals surface area (Å²) in [5, 5.41) is 27.2. The zero-order valence-corrected chi connectivity index (χ0v) is 6.40. The molecule has 0 heterocycles. The Bertz CT molecular complexity index is 155. The standard InChI is InChI=1S/C8H14O3/c1-5-2-7(10)8(11)3-6(5)4-9/h6-11H,1-4H2/t6-,7+,8-/m0/s1. The Labute approximate surface area is 66.0 Å². The molecule has 3 heteroatoms. The normalized spacial score (nSPS) is 39.2. The molecule has 0 aromatic rings. The fourth-order valence-corrected chi connectivity index (χ4v) is 1.39. The van der Waals surface area contributed by atoms with Crippen LogP contribution < -0.4 is 0 Å². The van der Waals surface area contributed by atoms with Gasteiger partial charge in [-0.25, -0.2) is 0 Å². The van der Waals surface area contributed by atoms with Crippen LogP contribution >= 0.6 is 0 Å². The smallest absolute Gasteiger partial charge is 0.0836 e. The third-order valence-corrected chi connectivity index (χ3v) is 2.24. The molecule has 1 aliphatic carbocycles. The molecule has 0 saturated heterocycles. The predicted molar refractivity (Wildman–Crippen MR) is 41.0 cm³/mol. The maximum absolute atomic E-state index is 9.19. The molecule has 0 aromatic heterocycles. The summed E-state index contributed by atoms with van der Waals surface area (Å²) < 4.78 is 0. The second-order valence-corrected chi connectivity index (χ2v) is 3.11. The molecule has 0 bridgehead atoms. The second kappa shape index (κ2) is 3.34. The largest absolute Gasteiger partial charge is 0.396 e. The average molecular weight is 158 g/mol. The van der Waals surface area contributed by atoms with E-state index in [1.165, 1.54) is 0 Å². The van der Waals surface area contributed by atoms with Crippen LogP contribution in [0.1, 0.15) is 12.8 Å². The van der Waals surface area contributed by atoms with Crippen molar-refractivity contribution in [3.63, 3.8) is 0 Å². The van der Waals surface area contributed by atoms with Crippen molar-refractivity contribution < 1.29 is 15.3 Å². The molecule has 3 N–H and O–H groups in total. The van der Waals surface area contributed by atoms with E-state index >= 15 is 0 Å². The lowest BCUT2D eigenvalue weighted by Crippen LogP contribution is -2.35. The molecule has 3 atom stereocenters. The van der Waals surface area contributed by atoms with Crippen LogP contribution in [-0.2, 0) is 0 Å². The molecule has 1 aliphatic rings.